The van der Waals surface area contributed by atoms with Crippen LogP contribution in [0.1, 0.15) is 0 Å². The number of benzene rings is 1. The van der Waals surface area contributed by atoms with E-state index < -0.39 is 11.6 Å². The van der Waals surface area contributed by atoms with Gasteiger partial charge in [0, 0.05) is 18.3 Å². The first-order valence-corrected chi connectivity index (χ1v) is 5.25. The fraction of sp³-hybridized carbons (Fsp3) is 0. The highest BCUT2D eigenvalue weighted by Crippen LogP contribution is 2.30. The summed E-state index contributed by atoms with van der Waals surface area (Å²) in [5.74, 6) is -1.74. The van der Waals surface area contributed by atoms with E-state index in [1.54, 1.807) is 0 Å². The predicted octanol–water partition coefficient (Wildman–Crippen LogP) is 2.89. The molecule has 0 bridgehead atoms. The van der Waals surface area contributed by atoms with E-state index in [2.05, 4.69) is 25.9 Å². The molecule has 0 aliphatic heterocycles. The second-order valence-corrected chi connectivity index (χ2v) is 3.94. The number of nitrogens with zero attached hydrogens (tertiary/aromatic N) is 2. The Morgan fingerprint density at radius 3 is 2.71 bits per heavy atom. The monoisotopic (exact) mass is 301 g/mol. The van der Waals surface area contributed by atoms with Crippen molar-refractivity contribution in [2.45, 2.75) is 0 Å². The van der Waals surface area contributed by atoms with E-state index >= 15 is 0 Å². The van der Waals surface area contributed by atoms with Gasteiger partial charge >= 0.3 is 0 Å². The highest BCUT2D eigenvalue weighted by molar-refractivity contribution is 9.10. The van der Waals surface area contributed by atoms with Crippen molar-refractivity contribution in [1.82, 2.24) is 9.97 Å². The summed E-state index contributed by atoms with van der Waals surface area (Å²) >= 11 is 3.12. The molecule has 2 aromatic rings. The lowest BCUT2D eigenvalue weighted by molar-refractivity contribution is 0.419. The third-order valence-electron chi connectivity index (χ3n) is 1.89. The average molecular weight is 302 g/mol. The molecule has 0 aliphatic carbocycles. The van der Waals surface area contributed by atoms with Crippen LogP contribution in [0, 0.1) is 11.6 Å². The zero-order valence-corrected chi connectivity index (χ0v) is 9.91. The summed E-state index contributed by atoms with van der Waals surface area (Å²) in [5.41, 5.74) is 4.93. The van der Waals surface area contributed by atoms with Crippen molar-refractivity contribution in [2.24, 2.45) is 0 Å². The van der Waals surface area contributed by atoms with Crippen LogP contribution in [0.4, 0.5) is 14.5 Å². The molecule has 1 heterocycles. The summed E-state index contributed by atoms with van der Waals surface area (Å²) in [7, 11) is 0. The van der Waals surface area contributed by atoms with Crippen LogP contribution in [0.15, 0.2) is 29.1 Å². The minimum Gasteiger partial charge on any atom is -0.435 e. The maximum atomic E-state index is 13.4. The molecular weight excluding hydrogens is 296 g/mol. The van der Waals surface area contributed by atoms with Gasteiger partial charge in [0.25, 0.3) is 0 Å². The molecule has 88 valence electrons. The summed E-state index contributed by atoms with van der Waals surface area (Å²) in [4.78, 5) is 7.48. The van der Waals surface area contributed by atoms with Crippen molar-refractivity contribution in [1.29, 1.82) is 0 Å². The molecule has 2 rings (SSSR count). The molecule has 2 N–H and O–H groups in total. The van der Waals surface area contributed by atoms with Crippen molar-refractivity contribution < 1.29 is 13.5 Å². The van der Waals surface area contributed by atoms with Crippen LogP contribution in [-0.4, -0.2) is 9.97 Å². The molecule has 0 atom stereocenters. The van der Waals surface area contributed by atoms with E-state index in [9.17, 15) is 8.78 Å². The third-order valence-corrected chi connectivity index (χ3v) is 2.44. The topological polar surface area (TPSA) is 61.0 Å². The minimum absolute atomic E-state index is 0.0862. The van der Waals surface area contributed by atoms with Crippen molar-refractivity contribution in [2.75, 3.05) is 5.73 Å². The first-order valence-electron chi connectivity index (χ1n) is 4.46. The van der Waals surface area contributed by atoms with Crippen LogP contribution in [0.2, 0.25) is 0 Å². The van der Waals surface area contributed by atoms with Crippen LogP contribution >= 0.6 is 15.9 Å². The Morgan fingerprint density at radius 2 is 2.00 bits per heavy atom. The summed E-state index contributed by atoms with van der Waals surface area (Å²) in [5, 5.41) is 0. The van der Waals surface area contributed by atoms with Crippen molar-refractivity contribution in [3.05, 3.63) is 40.8 Å². The SMILES string of the molecule is Nc1cc(F)c(Oc2ncncc2Br)cc1F. The van der Waals surface area contributed by atoms with Gasteiger partial charge in [-0.1, -0.05) is 0 Å². The third kappa shape index (κ3) is 2.50. The molecule has 0 spiro atoms. The van der Waals surface area contributed by atoms with E-state index in [4.69, 9.17) is 10.5 Å². The van der Waals surface area contributed by atoms with Crippen LogP contribution in [-0.2, 0) is 0 Å². The van der Waals surface area contributed by atoms with Crippen molar-refractivity contribution in [3.63, 3.8) is 0 Å². The molecule has 4 nitrogen and oxygen atoms in total. The maximum absolute atomic E-state index is 13.4. The summed E-state index contributed by atoms with van der Waals surface area (Å²) in [6, 6.07) is 1.71. The molecule has 0 unspecified atom stereocenters. The van der Waals surface area contributed by atoms with Gasteiger partial charge in [0.1, 0.15) is 12.1 Å². The Bertz CT molecular complexity index is 565. The van der Waals surface area contributed by atoms with Crippen LogP contribution in [0.3, 0.4) is 0 Å². The second-order valence-electron chi connectivity index (χ2n) is 3.08. The molecule has 0 amide bonds. The van der Waals surface area contributed by atoms with Gasteiger partial charge in [0.15, 0.2) is 11.6 Å². The molecule has 7 heteroatoms. The van der Waals surface area contributed by atoms with Gasteiger partial charge in [0.2, 0.25) is 5.88 Å². The Hall–Kier alpha value is -1.76. The Kier molecular flexibility index (Phi) is 3.19. The van der Waals surface area contributed by atoms with Crippen LogP contribution in [0.25, 0.3) is 0 Å². The first-order chi connectivity index (χ1) is 8.08. The van der Waals surface area contributed by atoms with Crippen LogP contribution < -0.4 is 10.5 Å². The largest absolute Gasteiger partial charge is 0.435 e. The zero-order valence-electron chi connectivity index (χ0n) is 8.32. The highest BCUT2D eigenvalue weighted by Gasteiger charge is 2.12. The molecule has 0 fully saturated rings. The number of nitrogen functional groups attached to an aromatic ring is 1. The maximum Gasteiger partial charge on any atom is 0.236 e. The standard InChI is InChI=1S/C10H6BrF2N3O/c11-5-3-15-4-16-10(5)17-9-2-6(12)8(14)1-7(9)13/h1-4H,14H2. The van der Waals surface area contributed by atoms with E-state index in [-0.39, 0.29) is 17.3 Å². The lowest BCUT2D eigenvalue weighted by atomic mass is 10.3. The quantitative estimate of drug-likeness (QED) is 0.867. The molecule has 0 radical (unpaired) electrons. The Labute approximate surface area is 104 Å². The van der Waals surface area contributed by atoms with Crippen molar-refractivity contribution >= 4 is 21.6 Å². The van der Waals surface area contributed by atoms with Crippen molar-refractivity contribution in [3.8, 4) is 11.6 Å². The van der Waals surface area contributed by atoms with Gasteiger partial charge in [-0.3, -0.25) is 0 Å². The fourth-order valence-corrected chi connectivity index (χ4v) is 1.40. The summed E-state index contributed by atoms with van der Waals surface area (Å²) < 4.78 is 32.1. The number of ether oxygens (including phenoxy) is 1. The highest BCUT2D eigenvalue weighted by atomic mass is 79.9. The predicted molar refractivity (Wildman–Crippen MR) is 60.6 cm³/mol. The first kappa shape index (κ1) is 11.7. The molecule has 0 saturated heterocycles. The molecule has 1 aromatic carbocycles. The zero-order chi connectivity index (χ0) is 12.4. The summed E-state index contributed by atoms with van der Waals surface area (Å²) in [6.07, 6.45) is 2.65. The number of rotatable bonds is 2. The smallest absolute Gasteiger partial charge is 0.236 e. The number of nitrogens with two attached hydrogens (primary N) is 1. The number of anilines is 1. The lowest BCUT2D eigenvalue weighted by Gasteiger charge is -2.07. The van der Waals surface area contributed by atoms with Gasteiger partial charge in [0.05, 0.1) is 10.2 Å². The fourth-order valence-electron chi connectivity index (χ4n) is 1.10. The Balaban J connectivity index is 2.37. The minimum atomic E-state index is -0.769. The molecule has 0 saturated carbocycles. The van der Waals surface area contributed by atoms with Gasteiger partial charge in [-0.15, -0.1) is 0 Å². The van der Waals surface area contributed by atoms with E-state index in [1.165, 1.54) is 12.5 Å². The number of aromatic nitrogens is 2. The molecule has 17 heavy (non-hydrogen) atoms. The number of halogens is 3. The summed E-state index contributed by atoms with van der Waals surface area (Å²) in [6.45, 7) is 0. The normalized spacial score (nSPS) is 10.3. The van der Waals surface area contributed by atoms with E-state index in [1.807, 2.05) is 0 Å². The number of hydrogen-bond donors (Lipinski definition) is 1. The van der Waals surface area contributed by atoms with E-state index in [0.717, 1.165) is 12.1 Å². The van der Waals surface area contributed by atoms with Gasteiger partial charge in [-0.2, -0.15) is 0 Å². The average Bonchev–Trinajstić information content (AvgIpc) is 2.29. The van der Waals surface area contributed by atoms with Gasteiger partial charge < -0.3 is 10.5 Å². The number of hydrogen-bond acceptors (Lipinski definition) is 4. The van der Waals surface area contributed by atoms with Gasteiger partial charge in [-0.05, 0) is 15.9 Å². The molecular formula is C10H6BrF2N3O. The second kappa shape index (κ2) is 4.62. The van der Waals surface area contributed by atoms with Gasteiger partial charge in [-0.25, -0.2) is 18.7 Å². The molecule has 1 aromatic heterocycles. The lowest BCUT2D eigenvalue weighted by Crippen LogP contribution is -1.97. The molecule has 0 aliphatic rings. The van der Waals surface area contributed by atoms with E-state index in [0.29, 0.717) is 4.47 Å². The van der Waals surface area contributed by atoms with Crippen LogP contribution in [0.5, 0.6) is 11.6 Å². The Morgan fingerprint density at radius 1 is 1.24 bits per heavy atom.